The fourth-order valence-electron chi connectivity index (χ4n) is 4.94. The zero-order valence-corrected chi connectivity index (χ0v) is 18.7. The predicted octanol–water partition coefficient (Wildman–Crippen LogP) is 5.44. The highest BCUT2D eigenvalue weighted by atomic mass is 35.5. The van der Waals surface area contributed by atoms with E-state index in [9.17, 15) is 0 Å². The number of halogens is 1. The number of anilines is 1. The van der Waals surface area contributed by atoms with Crippen molar-refractivity contribution in [1.29, 1.82) is 0 Å². The molecule has 2 aromatic heterocycles. The molecule has 2 unspecified atom stereocenters. The summed E-state index contributed by atoms with van der Waals surface area (Å²) in [4.78, 5) is 2.31. The van der Waals surface area contributed by atoms with E-state index in [1.807, 2.05) is 70.0 Å². The van der Waals surface area contributed by atoms with Crippen LogP contribution in [-0.4, -0.2) is 30.0 Å². The average molecular weight is 464 g/mol. The zero-order valence-electron chi connectivity index (χ0n) is 17.9. The van der Waals surface area contributed by atoms with Gasteiger partial charge in [-0.15, -0.1) is 10.2 Å². The van der Waals surface area contributed by atoms with Crippen molar-refractivity contribution in [1.82, 2.24) is 30.0 Å². The minimum absolute atomic E-state index is 0.238. The molecule has 0 saturated carbocycles. The van der Waals surface area contributed by atoms with Crippen LogP contribution in [0.25, 0.3) is 22.1 Å². The molecule has 0 amide bonds. The van der Waals surface area contributed by atoms with Crippen LogP contribution in [0.1, 0.15) is 23.5 Å². The van der Waals surface area contributed by atoms with Gasteiger partial charge < -0.3 is 4.90 Å². The average Bonchev–Trinajstić information content (AvgIpc) is 3.58. The summed E-state index contributed by atoms with van der Waals surface area (Å²) in [6.45, 7) is 0. The second-order valence-electron chi connectivity index (χ2n) is 8.31. The van der Waals surface area contributed by atoms with Gasteiger partial charge in [-0.25, -0.2) is 9.36 Å². The van der Waals surface area contributed by atoms with E-state index in [-0.39, 0.29) is 12.3 Å². The van der Waals surface area contributed by atoms with E-state index in [0.717, 1.165) is 38.9 Å². The van der Waals surface area contributed by atoms with Crippen LogP contribution in [0, 0.1) is 0 Å². The van der Waals surface area contributed by atoms with Crippen molar-refractivity contribution in [3.05, 3.63) is 113 Å². The Labute approximate surface area is 199 Å². The number of benzene rings is 4. The molecule has 164 valence electrons. The van der Waals surface area contributed by atoms with Gasteiger partial charge in [-0.1, -0.05) is 70.6 Å². The van der Waals surface area contributed by atoms with E-state index in [0.29, 0.717) is 5.02 Å². The minimum Gasteiger partial charge on any atom is -0.319 e. The van der Waals surface area contributed by atoms with Crippen LogP contribution >= 0.6 is 11.6 Å². The molecule has 0 aliphatic carbocycles. The number of para-hydroxylation sites is 2. The highest BCUT2D eigenvalue weighted by Crippen LogP contribution is 2.47. The molecule has 34 heavy (non-hydrogen) atoms. The molecule has 3 heterocycles. The number of hydrogen-bond acceptors (Lipinski definition) is 5. The van der Waals surface area contributed by atoms with Gasteiger partial charge in [0, 0.05) is 21.8 Å². The van der Waals surface area contributed by atoms with Crippen LogP contribution in [0.3, 0.4) is 0 Å². The molecule has 0 bridgehead atoms. The quantitative estimate of drug-likeness (QED) is 0.349. The van der Waals surface area contributed by atoms with Crippen LogP contribution < -0.4 is 4.90 Å². The Kier molecular flexibility index (Phi) is 4.19. The maximum atomic E-state index is 6.26. The number of hydrogen-bond donors (Lipinski definition) is 0. The number of fused-ring (bicyclic) bond motifs is 3. The van der Waals surface area contributed by atoms with E-state index >= 15 is 0 Å². The molecule has 0 N–H and O–H groups in total. The standard InChI is InChI=1S/C26H18ClN7/c27-17-13-15-18(16-14-17)32-25(33-23-11-5-3-9-21(23)28-30-33)19-7-1-2-8-20(19)26(32)34-24-12-6-4-10-22(24)29-31-34/h1-16,25-26H. The Morgan fingerprint density at radius 3 is 1.56 bits per heavy atom. The number of aromatic nitrogens is 6. The fraction of sp³-hybridized carbons (Fsp3) is 0.0769. The second-order valence-corrected chi connectivity index (χ2v) is 8.74. The molecule has 1 aliphatic heterocycles. The van der Waals surface area contributed by atoms with Crippen LogP contribution in [0.4, 0.5) is 5.69 Å². The van der Waals surface area contributed by atoms with Crippen molar-refractivity contribution < 1.29 is 0 Å². The van der Waals surface area contributed by atoms with Gasteiger partial charge in [-0.3, -0.25) is 0 Å². The Morgan fingerprint density at radius 1 is 0.559 bits per heavy atom. The third-order valence-electron chi connectivity index (χ3n) is 6.42. The van der Waals surface area contributed by atoms with Gasteiger partial charge in [-0.2, -0.15) is 0 Å². The summed E-state index contributed by atoms with van der Waals surface area (Å²) >= 11 is 6.26. The summed E-state index contributed by atoms with van der Waals surface area (Å²) in [6.07, 6.45) is -0.476. The van der Waals surface area contributed by atoms with Gasteiger partial charge >= 0.3 is 0 Å². The van der Waals surface area contributed by atoms with E-state index in [4.69, 9.17) is 11.6 Å². The van der Waals surface area contributed by atoms with Gasteiger partial charge in [0.1, 0.15) is 11.0 Å². The summed E-state index contributed by atoms with van der Waals surface area (Å²) in [7, 11) is 0. The molecular formula is C26H18ClN7. The van der Waals surface area contributed by atoms with Crippen molar-refractivity contribution in [3.63, 3.8) is 0 Å². The summed E-state index contributed by atoms with van der Waals surface area (Å²) in [5.41, 5.74) is 6.90. The predicted molar refractivity (Wildman–Crippen MR) is 132 cm³/mol. The van der Waals surface area contributed by atoms with Crippen LogP contribution in [0.15, 0.2) is 97.1 Å². The minimum atomic E-state index is -0.238. The van der Waals surface area contributed by atoms with Gasteiger partial charge in [0.25, 0.3) is 0 Å². The van der Waals surface area contributed by atoms with Crippen molar-refractivity contribution in [2.75, 3.05) is 4.90 Å². The van der Waals surface area contributed by atoms with Crippen molar-refractivity contribution >= 4 is 39.4 Å². The topological polar surface area (TPSA) is 64.7 Å². The zero-order chi connectivity index (χ0) is 22.6. The first kappa shape index (κ1) is 19.3. The lowest BCUT2D eigenvalue weighted by Gasteiger charge is -2.33. The lowest BCUT2D eigenvalue weighted by Crippen LogP contribution is -2.35. The first-order valence-electron chi connectivity index (χ1n) is 11.0. The maximum absolute atomic E-state index is 6.26. The van der Waals surface area contributed by atoms with Gasteiger partial charge in [0.15, 0.2) is 12.3 Å². The van der Waals surface area contributed by atoms with Gasteiger partial charge in [0.05, 0.1) is 11.0 Å². The van der Waals surface area contributed by atoms with Crippen molar-refractivity contribution in [3.8, 4) is 0 Å². The van der Waals surface area contributed by atoms with E-state index in [2.05, 4.69) is 61.9 Å². The lowest BCUT2D eigenvalue weighted by atomic mass is 10.1. The molecule has 7 nitrogen and oxygen atoms in total. The van der Waals surface area contributed by atoms with E-state index < -0.39 is 0 Å². The highest BCUT2D eigenvalue weighted by Gasteiger charge is 2.43. The van der Waals surface area contributed by atoms with E-state index in [1.165, 1.54) is 0 Å². The Hall–Kier alpha value is -4.23. The van der Waals surface area contributed by atoms with E-state index in [1.54, 1.807) is 0 Å². The summed E-state index contributed by atoms with van der Waals surface area (Å²) < 4.78 is 3.98. The third kappa shape index (κ3) is 2.77. The summed E-state index contributed by atoms with van der Waals surface area (Å²) in [5.74, 6) is 0. The summed E-state index contributed by atoms with van der Waals surface area (Å²) in [5, 5.41) is 18.8. The second kappa shape index (κ2) is 7.40. The largest absolute Gasteiger partial charge is 0.319 e. The monoisotopic (exact) mass is 463 g/mol. The maximum Gasteiger partial charge on any atom is 0.153 e. The molecule has 1 aliphatic rings. The number of rotatable bonds is 3. The fourth-order valence-corrected chi connectivity index (χ4v) is 5.07. The Balaban J connectivity index is 1.53. The van der Waals surface area contributed by atoms with Crippen LogP contribution in [0.5, 0.6) is 0 Å². The van der Waals surface area contributed by atoms with Gasteiger partial charge in [0.2, 0.25) is 0 Å². The normalized spacial score (nSPS) is 17.5. The van der Waals surface area contributed by atoms with Crippen molar-refractivity contribution in [2.45, 2.75) is 12.3 Å². The molecule has 2 atom stereocenters. The molecule has 0 spiro atoms. The number of nitrogens with zero attached hydrogens (tertiary/aromatic N) is 7. The lowest BCUT2D eigenvalue weighted by molar-refractivity contribution is 0.436. The summed E-state index contributed by atoms with van der Waals surface area (Å²) in [6, 6.07) is 32.4. The molecule has 0 saturated heterocycles. The van der Waals surface area contributed by atoms with Crippen LogP contribution in [0.2, 0.25) is 5.02 Å². The smallest absolute Gasteiger partial charge is 0.153 e. The third-order valence-corrected chi connectivity index (χ3v) is 6.67. The first-order chi connectivity index (χ1) is 16.8. The Bertz CT molecular complexity index is 1550. The molecule has 4 aromatic carbocycles. The van der Waals surface area contributed by atoms with Gasteiger partial charge in [-0.05, 0) is 48.5 Å². The molecule has 6 aromatic rings. The molecule has 0 radical (unpaired) electrons. The molecular weight excluding hydrogens is 446 g/mol. The SMILES string of the molecule is Clc1ccc(N2C(n3nnc4ccccc43)c3ccccc3C2n2nnc3ccccc32)cc1. The first-order valence-corrected chi connectivity index (χ1v) is 11.4. The highest BCUT2D eigenvalue weighted by molar-refractivity contribution is 6.30. The van der Waals surface area contributed by atoms with Crippen LogP contribution in [-0.2, 0) is 0 Å². The van der Waals surface area contributed by atoms with Crippen molar-refractivity contribution in [2.24, 2.45) is 0 Å². The molecule has 0 fully saturated rings. The molecule has 7 rings (SSSR count). The molecule has 8 heteroatoms. The Morgan fingerprint density at radius 2 is 1.03 bits per heavy atom.